The van der Waals surface area contributed by atoms with E-state index < -0.39 is 0 Å². The van der Waals surface area contributed by atoms with Crippen LogP contribution in [0.2, 0.25) is 0 Å². The lowest BCUT2D eigenvalue weighted by atomic mass is 10.1. The maximum Gasteiger partial charge on any atom is 0.240 e. The van der Waals surface area contributed by atoms with E-state index in [0.29, 0.717) is 19.7 Å². The van der Waals surface area contributed by atoms with Gasteiger partial charge in [-0.15, -0.1) is 0 Å². The molecule has 6 heteroatoms. The number of ether oxygens (including phenoxy) is 1. The third-order valence-electron chi connectivity index (χ3n) is 4.48. The molecule has 1 fully saturated rings. The Kier molecular flexibility index (Phi) is 4.97. The summed E-state index contributed by atoms with van der Waals surface area (Å²) in [6.07, 6.45) is -0.118. The number of hydrogen-bond acceptors (Lipinski definition) is 4. The lowest BCUT2D eigenvalue weighted by molar-refractivity contribution is -0.129. The molecule has 24 heavy (non-hydrogen) atoms. The number of aromatic nitrogens is 2. The van der Waals surface area contributed by atoms with E-state index in [1.165, 1.54) is 0 Å². The molecule has 1 aliphatic heterocycles. The van der Waals surface area contributed by atoms with Gasteiger partial charge in [-0.1, -0.05) is 18.2 Å². The summed E-state index contributed by atoms with van der Waals surface area (Å²) in [6, 6.07) is 9.70. The second-order valence-electron chi connectivity index (χ2n) is 6.12. The van der Waals surface area contributed by atoms with Crippen LogP contribution in [-0.4, -0.2) is 41.0 Å². The van der Waals surface area contributed by atoms with Gasteiger partial charge in [0.05, 0.1) is 24.1 Å². The van der Waals surface area contributed by atoms with Crippen LogP contribution in [0.3, 0.4) is 0 Å². The van der Waals surface area contributed by atoms with Crippen LogP contribution in [0.5, 0.6) is 0 Å². The highest BCUT2D eigenvalue weighted by Gasteiger charge is 2.28. The summed E-state index contributed by atoms with van der Waals surface area (Å²) >= 11 is 0. The zero-order valence-corrected chi connectivity index (χ0v) is 14.4. The second kappa shape index (κ2) is 7.15. The van der Waals surface area contributed by atoms with Crippen molar-refractivity contribution in [1.82, 2.24) is 20.4 Å². The molecule has 1 aromatic carbocycles. The van der Waals surface area contributed by atoms with E-state index in [-0.39, 0.29) is 18.1 Å². The largest absolute Gasteiger partial charge is 0.375 e. The molecular weight excluding hydrogens is 304 g/mol. The summed E-state index contributed by atoms with van der Waals surface area (Å²) in [7, 11) is 0. The van der Waals surface area contributed by atoms with Crippen molar-refractivity contribution in [1.29, 1.82) is 0 Å². The zero-order chi connectivity index (χ0) is 17.1. The Morgan fingerprint density at radius 1 is 1.38 bits per heavy atom. The fourth-order valence-electron chi connectivity index (χ4n) is 3.06. The van der Waals surface area contributed by atoms with Crippen molar-refractivity contribution >= 4 is 5.91 Å². The number of benzene rings is 1. The minimum absolute atomic E-state index is 0.0338. The SMILES string of the molecule is Cc1nn(-c2ccccc2)c(C)c1CNC(=O)[C@H]1NCCO[C@@H]1C. The highest BCUT2D eigenvalue weighted by atomic mass is 16.5. The van der Waals surface area contributed by atoms with Gasteiger partial charge < -0.3 is 15.4 Å². The summed E-state index contributed by atoms with van der Waals surface area (Å²) in [5, 5.41) is 10.8. The van der Waals surface area contributed by atoms with Crippen LogP contribution in [0.4, 0.5) is 0 Å². The smallest absolute Gasteiger partial charge is 0.240 e. The number of nitrogens with one attached hydrogen (secondary N) is 2. The van der Waals surface area contributed by atoms with Crippen molar-refractivity contribution in [2.24, 2.45) is 0 Å². The van der Waals surface area contributed by atoms with Gasteiger partial charge in [-0.2, -0.15) is 5.10 Å². The summed E-state index contributed by atoms with van der Waals surface area (Å²) in [4.78, 5) is 12.4. The number of morpholine rings is 1. The van der Waals surface area contributed by atoms with E-state index >= 15 is 0 Å². The molecule has 6 nitrogen and oxygen atoms in total. The number of carbonyl (C=O) groups excluding carboxylic acids is 1. The van der Waals surface area contributed by atoms with E-state index in [1.54, 1.807) is 0 Å². The molecule has 0 radical (unpaired) electrons. The van der Waals surface area contributed by atoms with Gasteiger partial charge in [0.2, 0.25) is 5.91 Å². The predicted octanol–water partition coefficient (Wildman–Crippen LogP) is 1.48. The van der Waals surface area contributed by atoms with Crippen LogP contribution >= 0.6 is 0 Å². The molecule has 0 bridgehead atoms. The molecular formula is C18H24N4O2. The average molecular weight is 328 g/mol. The molecule has 3 rings (SSSR count). The molecule has 2 N–H and O–H groups in total. The van der Waals surface area contributed by atoms with Crippen molar-refractivity contribution in [2.75, 3.05) is 13.2 Å². The lowest BCUT2D eigenvalue weighted by Gasteiger charge is -2.29. The van der Waals surface area contributed by atoms with Gasteiger partial charge in [0, 0.05) is 24.3 Å². The number of carbonyl (C=O) groups is 1. The van der Waals surface area contributed by atoms with Gasteiger partial charge in [0.25, 0.3) is 0 Å². The molecule has 1 aliphatic rings. The molecule has 0 aliphatic carbocycles. The second-order valence-corrected chi connectivity index (χ2v) is 6.12. The number of para-hydroxylation sites is 1. The molecule has 2 heterocycles. The number of amides is 1. The van der Waals surface area contributed by atoms with E-state index in [4.69, 9.17) is 4.74 Å². The Hall–Kier alpha value is -2.18. The maximum absolute atomic E-state index is 12.4. The van der Waals surface area contributed by atoms with Gasteiger partial charge in [-0.25, -0.2) is 4.68 Å². The van der Waals surface area contributed by atoms with Crippen LogP contribution in [0.25, 0.3) is 5.69 Å². The maximum atomic E-state index is 12.4. The molecule has 1 saturated heterocycles. The Morgan fingerprint density at radius 3 is 2.83 bits per heavy atom. The van der Waals surface area contributed by atoms with Gasteiger partial charge in [0.1, 0.15) is 6.04 Å². The summed E-state index contributed by atoms with van der Waals surface area (Å²) in [5.41, 5.74) is 4.04. The molecule has 1 aromatic heterocycles. The monoisotopic (exact) mass is 328 g/mol. The first-order valence-corrected chi connectivity index (χ1v) is 8.31. The number of hydrogen-bond donors (Lipinski definition) is 2. The fourth-order valence-corrected chi connectivity index (χ4v) is 3.06. The van der Waals surface area contributed by atoms with Gasteiger partial charge >= 0.3 is 0 Å². The first kappa shape index (κ1) is 16.7. The van der Waals surface area contributed by atoms with Crippen molar-refractivity contribution < 1.29 is 9.53 Å². The highest BCUT2D eigenvalue weighted by Crippen LogP contribution is 2.17. The van der Waals surface area contributed by atoms with Crippen LogP contribution < -0.4 is 10.6 Å². The minimum Gasteiger partial charge on any atom is -0.375 e. The molecule has 0 unspecified atom stereocenters. The van der Waals surface area contributed by atoms with Crippen LogP contribution in [0.1, 0.15) is 23.9 Å². The van der Waals surface area contributed by atoms with E-state index in [9.17, 15) is 4.79 Å². The van der Waals surface area contributed by atoms with Crippen molar-refractivity contribution in [3.8, 4) is 5.69 Å². The van der Waals surface area contributed by atoms with Gasteiger partial charge in [-0.05, 0) is 32.9 Å². The molecule has 0 spiro atoms. The molecule has 2 atom stereocenters. The highest BCUT2D eigenvalue weighted by molar-refractivity contribution is 5.82. The van der Waals surface area contributed by atoms with Crippen LogP contribution in [0.15, 0.2) is 30.3 Å². The first-order chi connectivity index (χ1) is 11.6. The number of aryl methyl sites for hydroxylation is 1. The molecule has 2 aromatic rings. The zero-order valence-electron chi connectivity index (χ0n) is 14.4. The number of rotatable bonds is 4. The third-order valence-corrected chi connectivity index (χ3v) is 4.48. The van der Waals surface area contributed by atoms with E-state index in [0.717, 1.165) is 22.6 Å². The van der Waals surface area contributed by atoms with Crippen molar-refractivity contribution in [2.45, 2.75) is 39.5 Å². The van der Waals surface area contributed by atoms with Gasteiger partial charge in [-0.3, -0.25) is 4.79 Å². The number of nitrogens with zero attached hydrogens (tertiary/aromatic N) is 2. The molecule has 128 valence electrons. The first-order valence-electron chi connectivity index (χ1n) is 8.31. The average Bonchev–Trinajstić information content (AvgIpc) is 2.88. The van der Waals surface area contributed by atoms with Gasteiger partial charge in [0.15, 0.2) is 0 Å². The van der Waals surface area contributed by atoms with Crippen molar-refractivity contribution in [3.05, 3.63) is 47.3 Å². The van der Waals surface area contributed by atoms with E-state index in [1.807, 2.05) is 55.8 Å². The standard InChI is InChI=1S/C18H24N4O2/c1-12-16(11-20-18(23)17-14(3)24-10-9-19-17)13(2)22(21-12)15-7-5-4-6-8-15/h4-8,14,17,19H,9-11H2,1-3H3,(H,20,23)/t14-,17+/m1/s1. The predicted molar refractivity (Wildman–Crippen MR) is 92.1 cm³/mol. The minimum atomic E-state index is -0.302. The normalized spacial score (nSPS) is 20.8. The summed E-state index contributed by atoms with van der Waals surface area (Å²) in [6.45, 7) is 7.73. The fraction of sp³-hybridized carbons (Fsp3) is 0.444. The molecule has 0 saturated carbocycles. The summed E-state index contributed by atoms with van der Waals surface area (Å²) < 4.78 is 7.45. The van der Waals surface area contributed by atoms with Crippen molar-refractivity contribution in [3.63, 3.8) is 0 Å². The summed E-state index contributed by atoms with van der Waals surface area (Å²) in [5.74, 6) is -0.0338. The Balaban J connectivity index is 1.72. The Bertz CT molecular complexity index is 711. The van der Waals surface area contributed by atoms with Crippen LogP contribution in [0, 0.1) is 13.8 Å². The third kappa shape index (κ3) is 3.34. The Morgan fingerprint density at radius 2 is 2.12 bits per heavy atom. The van der Waals surface area contributed by atoms with Crippen LogP contribution in [-0.2, 0) is 16.1 Å². The quantitative estimate of drug-likeness (QED) is 0.892. The van der Waals surface area contributed by atoms with E-state index in [2.05, 4.69) is 15.7 Å². The molecule has 1 amide bonds. The Labute approximate surface area is 142 Å². The lowest BCUT2D eigenvalue weighted by Crippen LogP contribution is -2.55. The topological polar surface area (TPSA) is 68.2 Å².